The molecule has 5 nitrogen and oxygen atoms in total. The van der Waals surface area contributed by atoms with Crippen LogP contribution in [0.2, 0.25) is 0 Å². The molecule has 1 unspecified atom stereocenters. The van der Waals surface area contributed by atoms with Crippen molar-refractivity contribution in [1.29, 1.82) is 0 Å². The Balaban J connectivity index is 1.96. The van der Waals surface area contributed by atoms with Crippen LogP contribution in [0.25, 0.3) is 0 Å². The molecule has 1 aromatic carbocycles. The van der Waals surface area contributed by atoms with Gasteiger partial charge in [0.2, 0.25) is 5.91 Å². The summed E-state index contributed by atoms with van der Waals surface area (Å²) in [6, 6.07) is 7.53. The maximum absolute atomic E-state index is 11.9. The molecule has 19 heavy (non-hydrogen) atoms. The topological polar surface area (TPSA) is 66.8 Å². The Morgan fingerprint density at radius 3 is 2.63 bits per heavy atom. The van der Waals surface area contributed by atoms with Crippen molar-refractivity contribution in [2.24, 2.45) is 5.92 Å². The molecule has 0 saturated carbocycles. The molecular formula is C14H17NO4. The van der Waals surface area contributed by atoms with Crippen molar-refractivity contribution in [3.63, 3.8) is 0 Å². The molecule has 1 heterocycles. The summed E-state index contributed by atoms with van der Waals surface area (Å²) in [7, 11) is 1.61. The highest BCUT2D eigenvalue weighted by Gasteiger charge is 2.29. The summed E-state index contributed by atoms with van der Waals surface area (Å²) in [4.78, 5) is 24.4. The second-order valence-corrected chi connectivity index (χ2v) is 4.69. The lowest BCUT2D eigenvalue weighted by Crippen LogP contribution is -2.40. The number of ether oxygens (including phenoxy) is 1. The van der Waals surface area contributed by atoms with Crippen LogP contribution in [-0.2, 0) is 16.1 Å². The zero-order chi connectivity index (χ0) is 13.8. The number of carboxylic acid groups (broad SMARTS) is 1. The standard InChI is InChI=1S/C14H17NO4/c1-19-12-4-2-10(3-5-12)9-15-7-6-11(14(17)18)8-13(15)16/h2-5,11H,6-9H2,1H3,(H,17,18). The van der Waals surface area contributed by atoms with Crippen LogP contribution < -0.4 is 4.74 Å². The number of hydrogen-bond acceptors (Lipinski definition) is 3. The highest BCUT2D eigenvalue weighted by molar-refractivity contribution is 5.83. The number of carbonyl (C=O) groups excluding carboxylic acids is 1. The molecule has 0 bridgehead atoms. The van der Waals surface area contributed by atoms with Crippen molar-refractivity contribution in [1.82, 2.24) is 4.90 Å². The van der Waals surface area contributed by atoms with Gasteiger partial charge in [-0.05, 0) is 24.1 Å². The number of methoxy groups -OCH3 is 1. The van der Waals surface area contributed by atoms with E-state index in [0.29, 0.717) is 19.5 Å². The number of nitrogens with zero attached hydrogens (tertiary/aromatic N) is 1. The van der Waals surface area contributed by atoms with E-state index in [1.54, 1.807) is 12.0 Å². The lowest BCUT2D eigenvalue weighted by Gasteiger charge is -2.30. The third kappa shape index (κ3) is 3.24. The first-order valence-corrected chi connectivity index (χ1v) is 6.23. The van der Waals surface area contributed by atoms with Gasteiger partial charge in [-0.15, -0.1) is 0 Å². The first kappa shape index (κ1) is 13.4. The van der Waals surface area contributed by atoms with Crippen LogP contribution >= 0.6 is 0 Å². The van der Waals surface area contributed by atoms with Crippen molar-refractivity contribution in [3.05, 3.63) is 29.8 Å². The Morgan fingerprint density at radius 1 is 1.42 bits per heavy atom. The summed E-state index contributed by atoms with van der Waals surface area (Å²) in [6.07, 6.45) is 0.628. The van der Waals surface area contributed by atoms with Gasteiger partial charge in [0, 0.05) is 19.5 Å². The fraction of sp³-hybridized carbons (Fsp3) is 0.429. The number of carboxylic acids is 1. The molecule has 1 aliphatic rings. The second-order valence-electron chi connectivity index (χ2n) is 4.69. The minimum absolute atomic E-state index is 0.0885. The molecule has 0 aliphatic carbocycles. The van der Waals surface area contributed by atoms with Gasteiger partial charge in [0.25, 0.3) is 0 Å². The monoisotopic (exact) mass is 263 g/mol. The molecule has 1 atom stereocenters. The van der Waals surface area contributed by atoms with E-state index in [4.69, 9.17) is 9.84 Å². The van der Waals surface area contributed by atoms with E-state index < -0.39 is 11.9 Å². The predicted octanol–water partition coefficient (Wildman–Crippen LogP) is 1.52. The van der Waals surface area contributed by atoms with E-state index in [0.717, 1.165) is 11.3 Å². The molecule has 1 aliphatic heterocycles. The summed E-state index contributed by atoms with van der Waals surface area (Å²) >= 11 is 0. The molecule has 5 heteroatoms. The van der Waals surface area contributed by atoms with Crippen LogP contribution in [0.5, 0.6) is 5.75 Å². The van der Waals surface area contributed by atoms with Gasteiger partial charge in [-0.2, -0.15) is 0 Å². The Kier molecular flexibility index (Phi) is 4.04. The summed E-state index contributed by atoms with van der Waals surface area (Å²) in [6.45, 7) is 1.02. The van der Waals surface area contributed by atoms with Crippen molar-refractivity contribution in [3.8, 4) is 5.75 Å². The molecule has 102 valence electrons. The zero-order valence-corrected chi connectivity index (χ0v) is 10.8. The lowest BCUT2D eigenvalue weighted by molar-refractivity contribution is -0.149. The molecule has 1 amide bonds. The van der Waals surface area contributed by atoms with E-state index in [1.807, 2.05) is 24.3 Å². The second kappa shape index (κ2) is 5.73. The highest BCUT2D eigenvalue weighted by atomic mass is 16.5. The van der Waals surface area contributed by atoms with Crippen LogP contribution in [0, 0.1) is 5.92 Å². The smallest absolute Gasteiger partial charge is 0.307 e. The van der Waals surface area contributed by atoms with Gasteiger partial charge in [-0.25, -0.2) is 0 Å². The lowest BCUT2D eigenvalue weighted by atomic mass is 9.96. The highest BCUT2D eigenvalue weighted by Crippen LogP contribution is 2.21. The fourth-order valence-electron chi connectivity index (χ4n) is 2.21. The quantitative estimate of drug-likeness (QED) is 0.894. The first-order valence-electron chi connectivity index (χ1n) is 6.23. The van der Waals surface area contributed by atoms with Crippen LogP contribution in [0.15, 0.2) is 24.3 Å². The number of rotatable bonds is 4. The van der Waals surface area contributed by atoms with Crippen LogP contribution in [0.1, 0.15) is 18.4 Å². The molecule has 1 N–H and O–H groups in total. The number of carbonyl (C=O) groups is 2. The van der Waals surface area contributed by atoms with E-state index in [2.05, 4.69) is 0 Å². The SMILES string of the molecule is COc1ccc(CN2CCC(C(=O)O)CC2=O)cc1. The van der Waals surface area contributed by atoms with Crippen molar-refractivity contribution in [2.75, 3.05) is 13.7 Å². The number of aliphatic carboxylic acids is 1. The molecule has 0 radical (unpaired) electrons. The summed E-state index contributed by atoms with van der Waals surface area (Å²) in [5.41, 5.74) is 1.02. The Bertz CT molecular complexity index is 469. The van der Waals surface area contributed by atoms with Crippen LogP contribution in [-0.4, -0.2) is 35.5 Å². The van der Waals surface area contributed by atoms with E-state index in [1.165, 1.54) is 0 Å². The molecule has 1 saturated heterocycles. The van der Waals surface area contributed by atoms with Gasteiger partial charge in [-0.3, -0.25) is 9.59 Å². The molecule has 1 aromatic rings. The van der Waals surface area contributed by atoms with Gasteiger partial charge in [-0.1, -0.05) is 12.1 Å². The maximum Gasteiger partial charge on any atom is 0.307 e. The average Bonchev–Trinajstić information content (AvgIpc) is 2.41. The Hall–Kier alpha value is -2.04. The number of benzene rings is 1. The number of hydrogen-bond donors (Lipinski definition) is 1. The van der Waals surface area contributed by atoms with E-state index >= 15 is 0 Å². The summed E-state index contributed by atoms with van der Waals surface area (Å²) in [5.74, 6) is -0.716. The fourth-order valence-corrected chi connectivity index (χ4v) is 2.21. The largest absolute Gasteiger partial charge is 0.497 e. The Morgan fingerprint density at radius 2 is 2.11 bits per heavy atom. The minimum Gasteiger partial charge on any atom is -0.497 e. The van der Waals surface area contributed by atoms with Gasteiger partial charge in [0.05, 0.1) is 13.0 Å². The van der Waals surface area contributed by atoms with Crippen LogP contribution in [0.3, 0.4) is 0 Å². The van der Waals surface area contributed by atoms with Gasteiger partial charge < -0.3 is 14.7 Å². The zero-order valence-electron chi connectivity index (χ0n) is 10.8. The van der Waals surface area contributed by atoms with Crippen molar-refractivity contribution >= 4 is 11.9 Å². The molecular weight excluding hydrogens is 246 g/mol. The van der Waals surface area contributed by atoms with Crippen molar-refractivity contribution in [2.45, 2.75) is 19.4 Å². The average molecular weight is 263 g/mol. The summed E-state index contributed by atoms with van der Waals surface area (Å²) < 4.78 is 5.07. The van der Waals surface area contributed by atoms with Gasteiger partial charge >= 0.3 is 5.97 Å². The summed E-state index contributed by atoms with van der Waals surface area (Å²) in [5, 5.41) is 8.91. The number of amides is 1. The minimum atomic E-state index is -0.877. The molecule has 2 rings (SSSR count). The first-order chi connectivity index (χ1) is 9.10. The third-order valence-corrected chi connectivity index (χ3v) is 3.40. The van der Waals surface area contributed by atoms with Gasteiger partial charge in [0.1, 0.15) is 5.75 Å². The van der Waals surface area contributed by atoms with Gasteiger partial charge in [0.15, 0.2) is 0 Å². The van der Waals surface area contributed by atoms with E-state index in [9.17, 15) is 9.59 Å². The van der Waals surface area contributed by atoms with Crippen LogP contribution in [0.4, 0.5) is 0 Å². The normalized spacial score (nSPS) is 19.3. The molecule has 1 fully saturated rings. The molecule has 0 aromatic heterocycles. The Labute approximate surface area is 111 Å². The number of likely N-dealkylation sites (tertiary alicyclic amines) is 1. The van der Waals surface area contributed by atoms with E-state index in [-0.39, 0.29) is 12.3 Å². The third-order valence-electron chi connectivity index (χ3n) is 3.40. The molecule has 0 spiro atoms. The predicted molar refractivity (Wildman–Crippen MR) is 68.8 cm³/mol. The number of piperidine rings is 1. The maximum atomic E-state index is 11.9. The van der Waals surface area contributed by atoms with Crippen molar-refractivity contribution < 1.29 is 19.4 Å².